The zero-order valence-corrected chi connectivity index (χ0v) is 7.75. The first-order valence-electron chi connectivity index (χ1n) is 3.40. The quantitative estimate of drug-likeness (QED) is 0.622. The summed E-state index contributed by atoms with van der Waals surface area (Å²) >= 11 is 3.36. The molecule has 12 heavy (non-hydrogen) atoms. The summed E-state index contributed by atoms with van der Waals surface area (Å²) in [7, 11) is 0. The van der Waals surface area contributed by atoms with Gasteiger partial charge < -0.3 is 0 Å². The van der Waals surface area contributed by atoms with Gasteiger partial charge in [0, 0.05) is 10.7 Å². The lowest BCUT2D eigenvalue weighted by Gasteiger charge is -1.94. The number of nitrogens with zero attached hydrogens (tertiary/aromatic N) is 2. The van der Waals surface area contributed by atoms with Crippen LogP contribution in [0.2, 0.25) is 0 Å². The maximum Gasteiger partial charge on any atom is 0.138 e. The first kappa shape index (κ1) is 7.38. The maximum atomic E-state index is 5.28. The van der Waals surface area contributed by atoms with Crippen LogP contribution in [0.3, 0.4) is 0 Å². The highest BCUT2D eigenvalue weighted by Crippen LogP contribution is 2.13. The summed E-state index contributed by atoms with van der Waals surface area (Å²) < 4.78 is 2.87. The van der Waals surface area contributed by atoms with Crippen molar-refractivity contribution in [2.24, 2.45) is 0 Å². The Labute approximate surface area is 78.4 Å². The Bertz CT molecular complexity index is 465. The van der Waals surface area contributed by atoms with Gasteiger partial charge in [-0.15, -0.1) is 6.42 Å². The number of pyridine rings is 1. The maximum absolute atomic E-state index is 5.28. The minimum atomic E-state index is 0.775. The number of imidazole rings is 1. The van der Waals surface area contributed by atoms with Gasteiger partial charge in [0.25, 0.3) is 0 Å². The van der Waals surface area contributed by atoms with E-state index in [-0.39, 0.29) is 0 Å². The van der Waals surface area contributed by atoms with Crippen LogP contribution in [0.25, 0.3) is 5.65 Å². The van der Waals surface area contributed by atoms with E-state index >= 15 is 0 Å². The molecule has 0 atom stereocenters. The predicted molar refractivity (Wildman–Crippen MR) is 50.8 cm³/mol. The molecule has 3 heteroatoms. The smallest absolute Gasteiger partial charge is 0.138 e. The topological polar surface area (TPSA) is 17.3 Å². The normalized spacial score (nSPS) is 10.0. The molecule has 0 aliphatic heterocycles. The first-order valence-corrected chi connectivity index (χ1v) is 4.20. The van der Waals surface area contributed by atoms with Crippen LogP contribution in [0.5, 0.6) is 0 Å². The van der Waals surface area contributed by atoms with Gasteiger partial charge in [0.1, 0.15) is 11.3 Å². The Morgan fingerprint density at radius 1 is 1.58 bits per heavy atom. The number of aromatic nitrogens is 2. The highest BCUT2D eigenvalue weighted by molar-refractivity contribution is 9.10. The molecule has 0 radical (unpaired) electrons. The van der Waals surface area contributed by atoms with Gasteiger partial charge >= 0.3 is 0 Å². The molecule has 0 amide bonds. The second-order valence-electron chi connectivity index (χ2n) is 2.36. The zero-order chi connectivity index (χ0) is 8.55. The van der Waals surface area contributed by atoms with Crippen molar-refractivity contribution in [3.05, 3.63) is 34.7 Å². The minimum Gasteiger partial charge on any atom is -0.293 e. The molecule has 0 aliphatic rings. The third kappa shape index (κ3) is 1.01. The average Bonchev–Trinajstić information content (AvgIpc) is 2.46. The van der Waals surface area contributed by atoms with Crippen molar-refractivity contribution < 1.29 is 0 Å². The van der Waals surface area contributed by atoms with Crippen LogP contribution in [0.15, 0.2) is 29.0 Å². The number of fused-ring (bicyclic) bond motifs is 1. The first-order chi connectivity index (χ1) is 5.81. The minimum absolute atomic E-state index is 0.775. The van der Waals surface area contributed by atoms with Gasteiger partial charge in [-0.2, -0.15) is 0 Å². The molecule has 0 aliphatic carbocycles. The Hall–Kier alpha value is -1.27. The Morgan fingerprint density at radius 3 is 3.17 bits per heavy atom. The Kier molecular flexibility index (Phi) is 1.63. The number of rotatable bonds is 0. The second kappa shape index (κ2) is 2.65. The third-order valence-corrected chi connectivity index (χ3v) is 2.12. The number of hydrogen-bond donors (Lipinski definition) is 0. The van der Waals surface area contributed by atoms with E-state index in [1.165, 1.54) is 0 Å². The lowest BCUT2D eigenvalue weighted by Crippen LogP contribution is -1.85. The van der Waals surface area contributed by atoms with Crippen molar-refractivity contribution in [2.45, 2.75) is 0 Å². The van der Waals surface area contributed by atoms with E-state index in [0.29, 0.717) is 0 Å². The molecule has 0 unspecified atom stereocenters. The molecule has 0 bridgehead atoms. The highest BCUT2D eigenvalue weighted by Gasteiger charge is 1.99. The fraction of sp³-hybridized carbons (Fsp3) is 0. The molecule has 0 fully saturated rings. The number of hydrogen-bond acceptors (Lipinski definition) is 1. The molecule has 0 saturated carbocycles. The van der Waals surface area contributed by atoms with Crippen molar-refractivity contribution in [1.82, 2.24) is 9.38 Å². The van der Waals surface area contributed by atoms with Gasteiger partial charge in [-0.25, -0.2) is 4.98 Å². The van der Waals surface area contributed by atoms with E-state index < -0.39 is 0 Å². The van der Waals surface area contributed by atoms with Gasteiger partial charge in [0.2, 0.25) is 0 Å². The van der Waals surface area contributed by atoms with Crippen LogP contribution in [0.1, 0.15) is 5.69 Å². The molecule has 58 valence electrons. The highest BCUT2D eigenvalue weighted by atomic mass is 79.9. The summed E-state index contributed by atoms with van der Waals surface area (Å²) in [4.78, 5) is 4.14. The molecule has 0 N–H and O–H groups in total. The van der Waals surface area contributed by atoms with E-state index in [1.54, 1.807) is 6.20 Å². The molecule has 2 nitrogen and oxygen atoms in total. The third-order valence-electron chi connectivity index (χ3n) is 1.62. The van der Waals surface area contributed by atoms with Crippen LogP contribution in [-0.4, -0.2) is 9.38 Å². The fourth-order valence-electron chi connectivity index (χ4n) is 1.06. The van der Waals surface area contributed by atoms with Crippen LogP contribution in [0.4, 0.5) is 0 Å². The monoisotopic (exact) mass is 220 g/mol. The molecular weight excluding hydrogens is 216 g/mol. The van der Waals surface area contributed by atoms with Crippen molar-refractivity contribution in [2.75, 3.05) is 0 Å². The Balaban J connectivity index is 2.84. The van der Waals surface area contributed by atoms with E-state index in [9.17, 15) is 0 Å². The summed E-state index contributed by atoms with van der Waals surface area (Å²) in [6.45, 7) is 0. The zero-order valence-electron chi connectivity index (χ0n) is 6.16. The molecule has 2 heterocycles. The van der Waals surface area contributed by atoms with Crippen molar-refractivity contribution in [3.63, 3.8) is 0 Å². The van der Waals surface area contributed by atoms with E-state index in [2.05, 4.69) is 26.8 Å². The number of halogens is 1. The average molecular weight is 221 g/mol. The lowest BCUT2D eigenvalue weighted by molar-refractivity contribution is 1.16. The molecule has 2 rings (SSSR count). The fourth-order valence-corrected chi connectivity index (χ4v) is 1.39. The predicted octanol–water partition coefficient (Wildman–Crippen LogP) is 2.08. The van der Waals surface area contributed by atoms with E-state index in [4.69, 9.17) is 6.42 Å². The standard InChI is InChI=1S/C9H5BrN2/c1-2-8-6-11-9-5-7(10)3-4-12(8)9/h1,3-6H. The van der Waals surface area contributed by atoms with Gasteiger partial charge in [-0.05, 0) is 12.1 Å². The summed E-state index contributed by atoms with van der Waals surface area (Å²) in [5.74, 6) is 2.55. The molecule has 2 aromatic heterocycles. The molecule has 0 aromatic carbocycles. The van der Waals surface area contributed by atoms with Crippen molar-refractivity contribution in [1.29, 1.82) is 0 Å². The van der Waals surface area contributed by atoms with Crippen molar-refractivity contribution >= 4 is 21.6 Å². The summed E-state index contributed by atoms with van der Waals surface area (Å²) in [5, 5.41) is 0. The van der Waals surface area contributed by atoms with Crippen molar-refractivity contribution in [3.8, 4) is 12.3 Å². The molecule has 0 saturated heterocycles. The van der Waals surface area contributed by atoms with Gasteiger partial charge in [0.05, 0.1) is 6.20 Å². The summed E-state index contributed by atoms with van der Waals surface area (Å²) in [6, 6.07) is 3.84. The van der Waals surface area contributed by atoms with Crippen LogP contribution in [-0.2, 0) is 0 Å². The van der Waals surface area contributed by atoms with E-state index in [0.717, 1.165) is 15.8 Å². The second-order valence-corrected chi connectivity index (χ2v) is 3.28. The molecular formula is C9H5BrN2. The van der Waals surface area contributed by atoms with Gasteiger partial charge in [-0.3, -0.25) is 4.40 Å². The summed E-state index contributed by atoms with van der Waals surface area (Å²) in [6.07, 6.45) is 8.85. The Morgan fingerprint density at radius 2 is 2.42 bits per heavy atom. The van der Waals surface area contributed by atoms with Gasteiger partial charge in [-0.1, -0.05) is 21.9 Å². The summed E-state index contributed by atoms with van der Waals surface area (Å²) in [5.41, 5.74) is 1.63. The molecule has 0 spiro atoms. The van der Waals surface area contributed by atoms with Crippen LogP contribution in [0, 0.1) is 12.3 Å². The largest absolute Gasteiger partial charge is 0.293 e. The van der Waals surface area contributed by atoms with E-state index in [1.807, 2.05) is 22.7 Å². The lowest BCUT2D eigenvalue weighted by atomic mass is 10.4. The number of terminal acetylenes is 1. The van der Waals surface area contributed by atoms with Crippen LogP contribution < -0.4 is 0 Å². The van der Waals surface area contributed by atoms with Gasteiger partial charge in [0.15, 0.2) is 0 Å². The molecule has 2 aromatic rings. The SMILES string of the molecule is C#Cc1cnc2cc(Br)ccn12. The van der Waals surface area contributed by atoms with Crippen LogP contribution >= 0.6 is 15.9 Å².